The average molecular weight is 266 g/mol. The monoisotopic (exact) mass is 266 g/mol. The topological polar surface area (TPSA) is 66.6 Å². The lowest BCUT2D eigenvalue weighted by molar-refractivity contribution is 0.0633. The number of carbonyl (C=O) groups is 1. The Morgan fingerprint density at radius 1 is 1.42 bits per heavy atom. The first-order valence-corrected chi connectivity index (χ1v) is 6.60. The second-order valence-corrected chi connectivity index (χ2v) is 4.90. The molecular formula is C14H19FN2O2. The van der Waals surface area contributed by atoms with Gasteiger partial charge in [-0.1, -0.05) is 12.8 Å². The Labute approximate surface area is 112 Å². The number of carbonyl (C=O) groups excluding carboxylic acids is 1. The van der Waals surface area contributed by atoms with Gasteiger partial charge in [-0.05, 0) is 31.0 Å². The minimum Gasteiger partial charge on any atom is -0.399 e. The van der Waals surface area contributed by atoms with Gasteiger partial charge in [0.25, 0.3) is 5.91 Å². The zero-order valence-electron chi connectivity index (χ0n) is 10.8. The second-order valence-electron chi connectivity index (χ2n) is 4.90. The van der Waals surface area contributed by atoms with E-state index in [0.29, 0.717) is 5.69 Å². The molecule has 0 saturated heterocycles. The summed E-state index contributed by atoms with van der Waals surface area (Å²) in [6.07, 6.45) is 3.98. The van der Waals surface area contributed by atoms with E-state index in [1.165, 1.54) is 12.1 Å². The number of nitrogens with two attached hydrogens (primary N) is 1. The summed E-state index contributed by atoms with van der Waals surface area (Å²) in [6, 6.07) is 4.18. The van der Waals surface area contributed by atoms with Crippen molar-refractivity contribution < 1.29 is 14.3 Å². The van der Waals surface area contributed by atoms with Crippen LogP contribution in [0.1, 0.15) is 36.0 Å². The first-order valence-electron chi connectivity index (χ1n) is 6.60. The molecule has 0 atom stereocenters. The van der Waals surface area contributed by atoms with Crippen LogP contribution in [0, 0.1) is 5.82 Å². The Morgan fingerprint density at radius 2 is 2.11 bits per heavy atom. The predicted molar refractivity (Wildman–Crippen MR) is 71.2 cm³/mol. The van der Waals surface area contributed by atoms with E-state index < -0.39 is 5.82 Å². The predicted octanol–water partition coefficient (Wildman–Crippen LogP) is 1.78. The number of anilines is 1. The summed E-state index contributed by atoms with van der Waals surface area (Å²) < 4.78 is 13.8. The van der Waals surface area contributed by atoms with Crippen molar-refractivity contribution in [3.05, 3.63) is 29.6 Å². The van der Waals surface area contributed by atoms with E-state index >= 15 is 0 Å². The summed E-state index contributed by atoms with van der Waals surface area (Å²) in [4.78, 5) is 14.0. The molecule has 1 amide bonds. The highest BCUT2D eigenvalue weighted by Gasteiger charge is 2.28. The Kier molecular flexibility index (Phi) is 4.37. The van der Waals surface area contributed by atoms with Gasteiger partial charge < -0.3 is 15.7 Å². The molecule has 104 valence electrons. The highest BCUT2D eigenvalue weighted by atomic mass is 19.1. The molecule has 0 radical (unpaired) electrons. The van der Waals surface area contributed by atoms with Crippen molar-refractivity contribution >= 4 is 11.6 Å². The minimum absolute atomic E-state index is 0.0227. The highest BCUT2D eigenvalue weighted by Crippen LogP contribution is 2.25. The molecule has 1 saturated carbocycles. The number of halogens is 1. The summed E-state index contributed by atoms with van der Waals surface area (Å²) >= 11 is 0. The third-order valence-corrected chi connectivity index (χ3v) is 3.59. The molecule has 5 heteroatoms. The molecule has 1 fully saturated rings. The molecule has 4 nitrogen and oxygen atoms in total. The van der Waals surface area contributed by atoms with Gasteiger partial charge in [-0.25, -0.2) is 4.39 Å². The summed E-state index contributed by atoms with van der Waals surface area (Å²) in [5.74, 6) is -0.968. The molecule has 0 bridgehead atoms. The molecule has 0 unspecified atom stereocenters. The van der Waals surface area contributed by atoms with Crippen LogP contribution in [-0.4, -0.2) is 35.1 Å². The standard InChI is InChI=1S/C14H19FN2O2/c15-13-9-10(16)5-6-12(13)14(19)17(7-8-18)11-3-1-2-4-11/h5-6,9,11,18H,1-4,7-8,16H2. The van der Waals surface area contributed by atoms with Crippen molar-refractivity contribution in [2.45, 2.75) is 31.7 Å². The Bertz CT molecular complexity index is 459. The number of nitrogens with zero attached hydrogens (tertiary/aromatic N) is 1. The first kappa shape index (κ1) is 13.8. The van der Waals surface area contributed by atoms with Crippen molar-refractivity contribution in [1.29, 1.82) is 0 Å². The number of hydrogen-bond acceptors (Lipinski definition) is 3. The van der Waals surface area contributed by atoms with Crippen molar-refractivity contribution in [2.75, 3.05) is 18.9 Å². The maximum atomic E-state index is 13.8. The molecule has 2 rings (SSSR count). The molecule has 0 heterocycles. The number of nitrogen functional groups attached to an aromatic ring is 1. The fourth-order valence-corrected chi connectivity index (χ4v) is 2.63. The maximum Gasteiger partial charge on any atom is 0.257 e. The fraction of sp³-hybridized carbons (Fsp3) is 0.500. The smallest absolute Gasteiger partial charge is 0.257 e. The first-order chi connectivity index (χ1) is 9.13. The van der Waals surface area contributed by atoms with Crippen LogP contribution in [0.5, 0.6) is 0 Å². The van der Waals surface area contributed by atoms with E-state index in [0.717, 1.165) is 31.7 Å². The van der Waals surface area contributed by atoms with Gasteiger partial charge in [0.1, 0.15) is 5.82 Å². The number of hydrogen-bond donors (Lipinski definition) is 2. The second kappa shape index (κ2) is 6.02. The van der Waals surface area contributed by atoms with Gasteiger partial charge in [0, 0.05) is 18.3 Å². The Balaban J connectivity index is 2.22. The summed E-state index contributed by atoms with van der Waals surface area (Å²) in [5, 5.41) is 9.10. The quantitative estimate of drug-likeness (QED) is 0.816. The summed E-state index contributed by atoms with van der Waals surface area (Å²) in [7, 11) is 0. The lowest BCUT2D eigenvalue weighted by Crippen LogP contribution is -2.41. The number of aliphatic hydroxyl groups excluding tert-OH is 1. The zero-order valence-corrected chi connectivity index (χ0v) is 10.8. The molecule has 0 aromatic heterocycles. The van der Waals surface area contributed by atoms with E-state index in [4.69, 9.17) is 10.8 Å². The van der Waals surface area contributed by atoms with Gasteiger partial charge in [-0.3, -0.25) is 4.79 Å². The number of rotatable bonds is 4. The number of amides is 1. The Hall–Kier alpha value is -1.62. The van der Waals surface area contributed by atoms with E-state index in [-0.39, 0.29) is 30.7 Å². The van der Waals surface area contributed by atoms with E-state index in [9.17, 15) is 9.18 Å². The number of benzene rings is 1. The number of aliphatic hydroxyl groups is 1. The van der Waals surface area contributed by atoms with Gasteiger partial charge in [0.15, 0.2) is 0 Å². The van der Waals surface area contributed by atoms with Gasteiger partial charge in [0.2, 0.25) is 0 Å². The van der Waals surface area contributed by atoms with Crippen LogP contribution in [0.2, 0.25) is 0 Å². The van der Waals surface area contributed by atoms with Crippen LogP contribution >= 0.6 is 0 Å². The third-order valence-electron chi connectivity index (χ3n) is 3.59. The van der Waals surface area contributed by atoms with Crippen LogP contribution in [0.4, 0.5) is 10.1 Å². The lowest BCUT2D eigenvalue weighted by atomic mass is 10.1. The van der Waals surface area contributed by atoms with Gasteiger partial charge in [0.05, 0.1) is 12.2 Å². The van der Waals surface area contributed by atoms with Crippen LogP contribution in [0.3, 0.4) is 0 Å². The summed E-state index contributed by atoms with van der Waals surface area (Å²) in [5.41, 5.74) is 5.80. The molecule has 3 N–H and O–H groups in total. The van der Waals surface area contributed by atoms with Crippen molar-refractivity contribution in [3.8, 4) is 0 Å². The van der Waals surface area contributed by atoms with Crippen LogP contribution in [-0.2, 0) is 0 Å². The largest absolute Gasteiger partial charge is 0.399 e. The molecule has 1 aromatic rings. The molecule has 0 spiro atoms. The van der Waals surface area contributed by atoms with Crippen LogP contribution in [0.15, 0.2) is 18.2 Å². The highest BCUT2D eigenvalue weighted by molar-refractivity contribution is 5.95. The molecule has 1 aliphatic carbocycles. The lowest BCUT2D eigenvalue weighted by Gasteiger charge is -2.28. The van der Waals surface area contributed by atoms with Crippen LogP contribution < -0.4 is 5.73 Å². The molecular weight excluding hydrogens is 247 g/mol. The van der Waals surface area contributed by atoms with Crippen molar-refractivity contribution in [3.63, 3.8) is 0 Å². The van der Waals surface area contributed by atoms with Gasteiger partial charge in [-0.2, -0.15) is 0 Å². The van der Waals surface area contributed by atoms with Gasteiger partial charge in [-0.15, -0.1) is 0 Å². The SMILES string of the molecule is Nc1ccc(C(=O)N(CCO)C2CCCC2)c(F)c1. The van der Waals surface area contributed by atoms with Crippen molar-refractivity contribution in [1.82, 2.24) is 4.90 Å². The summed E-state index contributed by atoms with van der Waals surface area (Å²) in [6.45, 7) is 0.131. The molecule has 19 heavy (non-hydrogen) atoms. The van der Waals surface area contributed by atoms with Crippen LogP contribution in [0.25, 0.3) is 0 Å². The van der Waals surface area contributed by atoms with Gasteiger partial charge >= 0.3 is 0 Å². The van der Waals surface area contributed by atoms with Crippen molar-refractivity contribution in [2.24, 2.45) is 0 Å². The van der Waals surface area contributed by atoms with E-state index in [2.05, 4.69) is 0 Å². The van der Waals surface area contributed by atoms with E-state index in [1.807, 2.05) is 0 Å². The molecule has 1 aromatic carbocycles. The molecule has 1 aliphatic rings. The average Bonchev–Trinajstić information content (AvgIpc) is 2.89. The minimum atomic E-state index is -0.606. The maximum absolute atomic E-state index is 13.8. The molecule has 0 aliphatic heterocycles. The zero-order chi connectivity index (χ0) is 13.8. The normalized spacial score (nSPS) is 15.7. The van der Waals surface area contributed by atoms with E-state index in [1.54, 1.807) is 4.90 Å². The Morgan fingerprint density at radius 3 is 2.68 bits per heavy atom. The third kappa shape index (κ3) is 3.04. The fourth-order valence-electron chi connectivity index (χ4n) is 2.63.